The van der Waals surface area contributed by atoms with Crippen LogP contribution in [-0.4, -0.2) is 23.4 Å². The van der Waals surface area contributed by atoms with Crippen LogP contribution in [0, 0.1) is 63.7 Å². The molecule has 1 atom stereocenters. The first-order valence-electron chi connectivity index (χ1n) is 6.11. The number of hydrogen-bond donors (Lipinski definition) is 0. The molecule has 0 N–H and O–H groups in total. The Morgan fingerprint density at radius 2 is 1.63 bits per heavy atom. The summed E-state index contributed by atoms with van der Waals surface area (Å²) in [5.74, 6) is 1.47. The van der Waals surface area contributed by atoms with Crippen LogP contribution < -0.4 is 0 Å². The molecule has 3 fully saturated rings. The van der Waals surface area contributed by atoms with Gasteiger partial charge < -0.3 is 4.90 Å². The van der Waals surface area contributed by atoms with Crippen molar-refractivity contribution in [1.29, 1.82) is 0 Å². The molecule has 1 unspecified atom stereocenters. The molecule has 2 nitrogen and oxygen atoms in total. The zero-order chi connectivity index (χ0) is 12.8. The number of rotatable bonds is 3. The number of hydrogen-bond acceptors (Lipinski definition) is 1. The van der Waals surface area contributed by atoms with Gasteiger partial charge in [-0.05, 0) is 57.8 Å². The Labute approximate surface area is 128 Å². The zero-order valence-corrected chi connectivity index (χ0v) is 11.8. The Balaban J connectivity index is 0.000000256. The van der Waals surface area contributed by atoms with Gasteiger partial charge in [0.15, 0.2) is 0 Å². The number of β-lactam (4-membered cyclic amide) rings is 1. The van der Waals surface area contributed by atoms with E-state index in [2.05, 4.69) is 19.4 Å². The minimum atomic E-state index is 0. The molecule has 1 saturated heterocycles. The maximum Gasteiger partial charge on any atom is 2.00 e. The molecule has 0 spiro atoms. The van der Waals surface area contributed by atoms with Gasteiger partial charge in [0, 0.05) is 24.9 Å². The molecule has 10 radical (unpaired) electrons. The van der Waals surface area contributed by atoms with Crippen LogP contribution >= 0.6 is 0 Å². The van der Waals surface area contributed by atoms with Crippen LogP contribution in [0.5, 0.6) is 0 Å². The van der Waals surface area contributed by atoms with Gasteiger partial charge in [-0.25, -0.2) is 0 Å². The summed E-state index contributed by atoms with van der Waals surface area (Å²) in [7, 11) is 0. The van der Waals surface area contributed by atoms with E-state index in [0.717, 1.165) is 0 Å². The molecular formula is C16H17FeNO+2. The van der Waals surface area contributed by atoms with Crippen molar-refractivity contribution in [1.82, 2.24) is 4.90 Å². The van der Waals surface area contributed by atoms with Crippen molar-refractivity contribution >= 4 is 5.91 Å². The SMILES string of the molecule is C=CCN1C(=O)CC1[C]1[CH][CH][CH][CH]1.[CH]1[CH][CH][CH][CH]1.[Fe+2]. The summed E-state index contributed by atoms with van der Waals surface area (Å²) in [4.78, 5) is 13.1. The van der Waals surface area contributed by atoms with Crippen LogP contribution in [0.2, 0.25) is 0 Å². The first-order chi connectivity index (χ1) is 8.83. The predicted molar refractivity (Wildman–Crippen MR) is 72.3 cm³/mol. The normalized spacial score (nSPS) is 26.2. The van der Waals surface area contributed by atoms with Crippen LogP contribution in [0.4, 0.5) is 0 Å². The van der Waals surface area contributed by atoms with E-state index in [1.807, 2.05) is 49.8 Å². The van der Waals surface area contributed by atoms with Crippen molar-refractivity contribution in [2.24, 2.45) is 0 Å². The Morgan fingerprint density at radius 3 is 2.05 bits per heavy atom. The summed E-state index contributed by atoms with van der Waals surface area (Å²) in [5.41, 5.74) is 0. The van der Waals surface area contributed by atoms with Gasteiger partial charge in [0.05, 0.1) is 0 Å². The van der Waals surface area contributed by atoms with Crippen molar-refractivity contribution in [3.63, 3.8) is 0 Å². The third-order valence-corrected chi connectivity index (χ3v) is 3.02. The summed E-state index contributed by atoms with van der Waals surface area (Å²) in [6.07, 6.45) is 20.6. The van der Waals surface area contributed by atoms with E-state index in [-0.39, 0.29) is 23.0 Å². The molecule has 1 aliphatic heterocycles. The van der Waals surface area contributed by atoms with Gasteiger partial charge in [-0.1, -0.05) is 6.08 Å². The Bertz CT molecular complexity index is 275. The molecule has 0 aromatic rings. The predicted octanol–water partition coefficient (Wildman–Crippen LogP) is 2.20. The van der Waals surface area contributed by atoms with Gasteiger partial charge in [0.2, 0.25) is 5.91 Å². The van der Waals surface area contributed by atoms with Gasteiger partial charge in [-0.15, -0.1) is 6.58 Å². The van der Waals surface area contributed by atoms with Crippen LogP contribution in [0.1, 0.15) is 6.42 Å². The molecule has 3 rings (SSSR count). The van der Waals surface area contributed by atoms with Crippen LogP contribution in [0.3, 0.4) is 0 Å². The molecule has 0 aromatic carbocycles. The maximum atomic E-state index is 11.2. The second kappa shape index (κ2) is 8.81. The van der Waals surface area contributed by atoms with Gasteiger partial charge >= 0.3 is 17.1 Å². The first-order valence-corrected chi connectivity index (χ1v) is 6.11. The topological polar surface area (TPSA) is 20.3 Å². The molecule has 2 saturated carbocycles. The average molecular weight is 295 g/mol. The number of nitrogens with zero attached hydrogens (tertiary/aromatic N) is 1. The number of carbonyl (C=O) groups is 1. The van der Waals surface area contributed by atoms with Crippen molar-refractivity contribution in [3.8, 4) is 0 Å². The van der Waals surface area contributed by atoms with Crippen LogP contribution in [0.15, 0.2) is 12.7 Å². The largest absolute Gasteiger partial charge is 2.00 e. The molecular weight excluding hydrogens is 278 g/mol. The van der Waals surface area contributed by atoms with Crippen molar-refractivity contribution in [2.45, 2.75) is 12.5 Å². The average Bonchev–Trinajstić information content (AvgIpc) is 3.06. The summed E-state index contributed by atoms with van der Waals surface area (Å²) in [6.45, 7) is 4.30. The first kappa shape index (κ1) is 16.8. The summed E-state index contributed by atoms with van der Waals surface area (Å²) < 4.78 is 0. The second-order valence-corrected chi connectivity index (χ2v) is 4.24. The fraction of sp³-hybridized carbons (Fsp3) is 0.188. The minimum Gasteiger partial charge on any atom is -0.335 e. The molecule has 1 heterocycles. The van der Waals surface area contributed by atoms with Crippen LogP contribution in [0.25, 0.3) is 0 Å². The third kappa shape index (κ3) is 4.65. The maximum absolute atomic E-state index is 11.2. The van der Waals surface area contributed by atoms with E-state index in [4.69, 9.17) is 0 Å². The summed E-state index contributed by atoms with van der Waals surface area (Å²) in [5, 5.41) is 0. The molecule has 98 valence electrons. The fourth-order valence-electron chi connectivity index (χ4n) is 2.05. The molecule has 19 heavy (non-hydrogen) atoms. The number of likely N-dealkylation sites (tertiary alicyclic amines) is 1. The number of carbonyl (C=O) groups excluding carboxylic acids is 1. The van der Waals surface area contributed by atoms with E-state index in [1.54, 1.807) is 6.08 Å². The van der Waals surface area contributed by atoms with E-state index in [9.17, 15) is 4.79 Å². The number of amides is 1. The quantitative estimate of drug-likeness (QED) is 0.444. The van der Waals surface area contributed by atoms with Crippen molar-refractivity contribution in [2.75, 3.05) is 6.54 Å². The molecule has 0 bridgehead atoms. The molecule has 0 aromatic heterocycles. The van der Waals surface area contributed by atoms with Gasteiger partial charge in [-0.3, -0.25) is 4.79 Å². The van der Waals surface area contributed by atoms with Crippen molar-refractivity contribution in [3.05, 3.63) is 76.4 Å². The summed E-state index contributed by atoms with van der Waals surface area (Å²) >= 11 is 0. The van der Waals surface area contributed by atoms with E-state index in [0.29, 0.717) is 19.0 Å². The van der Waals surface area contributed by atoms with E-state index < -0.39 is 0 Å². The molecule has 1 amide bonds. The van der Waals surface area contributed by atoms with E-state index >= 15 is 0 Å². The van der Waals surface area contributed by atoms with Gasteiger partial charge in [0.1, 0.15) is 0 Å². The second-order valence-electron chi connectivity index (χ2n) is 4.24. The molecule has 2 aliphatic carbocycles. The zero-order valence-electron chi connectivity index (χ0n) is 10.7. The summed E-state index contributed by atoms with van der Waals surface area (Å²) in [6, 6.07) is 0.292. The minimum absolute atomic E-state index is 0. The molecule has 3 aliphatic rings. The van der Waals surface area contributed by atoms with Crippen LogP contribution in [-0.2, 0) is 21.9 Å². The Morgan fingerprint density at radius 1 is 1.11 bits per heavy atom. The van der Waals surface area contributed by atoms with Gasteiger partial charge in [-0.2, -0.15) is 0 Å². The van der Waals surface area contributed by atoms with Gasteiger partial charge in [0.25, 0.3) is 0 Å². The Hall–Kier alpha value is -0.271. The smallest absolute Gasteiger partial charge is 0.335 e. The monoisotopic (exact) mass is 295 g/mol. The van der Waals surface area contributed by atoms with Crippen molar-refractivity contribution < 1.29 is 21.9 Å². The Kier molecular flexibility index (Phi) is 7.78. The third-order valence-electron chi connectivity index (χ3n) is 3.02. The van der Waals surface area contributed by atoms with E-state index in [1.165, 1.54) is 5.92 Å². The standard InChI is InChI=1S/C11H12NO.C5H5.Fe/c1-2-7-12-10(8-11(12)13)9-5-3-4-6-9;1-2-4-5-3-1;/h2-6,10H,1,7-8H2;1-5H;/q;;+2. The fourth-order valence-corrected chi connectivity index (χ4v) is 2.05. The molecule has 3 heteroatoms.